The van der Waals surface area contributed by atoms with E-state index in [0.717, 1.165) is 17.1 Å². The molecule has 2 heterocycles. The first kappa shape index (κ1) is 35.4. The fourth-order valence-electron chi connectivity index (χ4n) is 4.03. The van der Waals surface area contributed by atoms with Crippen LogP contribution in [0.4, 0.5) is 0 Å². The molecule has 0 bridgehead atoms. The van der Waals surface area contributed by atoms with Crippen LogP contribution in [-0.4, -0.2) is 119 Å². The van der Waals surface area contributed by atoms with Crippen molar-refractivity contribution in [3.63, 3.8) is 0 Å². The third-order valence-corrected chi connectivity index (χ3v) is 6.59. The first-order valence-corrected chi connectivity index (χ1v) is 14.1. The SMILES string of the molecule is CC(C)(C)C(=O)OCc1ccc(O[C@@H]2OC(C(=O)O)[C@@H](O)[C@H](O)[C@H]2O)cc1OCCOCCNC(=O)CCN1C(=O)C=CC1=O. The van der Waals surface area contributed by atoms with Gasteiger partial charge in [0.15, 0.2) is 6.10 Å². The fraction of sp³-hybridized carbons (Fsp3) is 0.552. The molecular formula is C29H38N2O14. The highest BCUT2D eigenvalue weighted by Crippen LogP contribution is 2.30. The zero-order chi connectivity index (χ0) is 33.3. The quantitative estimate of drug-likeness (QED) is 0.0871. The van der Waals surface area contributed by atoms with E-state index in [4.69, 9.17) is 23.7 Å². The Hall–Kier alpha value is -4.09. The van der Waals surface area contributed by atoms with Gasteiger partial charge in [-0.3, -0.25) is 24.1 Å². The molecule has 3 rings (SSSR count). The van der Waals surface area contributed by atoms with E-state index in [-0.39, 0.29) is 63.3 Å². The predicted octanol–water partition coefficient (Wildman–Crippen LogP) is -1.13. The summed E-state index contributed by atoms with van der Waals surface area (Å²) in [5, 5.41) is 42.1. The molecule has 16 heteroatoms. The van der Waals surface area contributed by atoms with Gasteiger partial charge in [-0.15, -0.1) is 0 Å². The number of aliphatic hydroxyl groups excluding tert-OH is 3. The topological polar surface area (TPSA) is 228 Å². The molecule has 0 aliphatic carbocycles. The molecule has 0 saturated carbocycles. The summed E-state index contributed by atoms with van der Waals surface area (Å²) in [6, 6.07) is 4.34. The second-order valence-corrected chi connectivity index (χ2v) is 11.2. The van der Waals surface area contributed by atoms with Crippen LogP contribution in [0.3, 0.4) is 0 Å². The molecule has 1 aromatic carbocycles. The number of aliphatic hydroxyl groups is 3. The maximum Gasteiger partial charge on any atom is 0.335 e. The Balaban J connectivity index is 1.53. The zero-order valence-corrected chi connectivity index (χ0v) is 25.0. The molecule has 1 aromatic rings. The molecule has 45 heavy (non-hydrogen) atoms. The van der Waals surface area contributed by atoms with Gasteiger partial charge < -0.3 is 49.4 Å². The average Bonchev–Trinajstić information content (AvgIpc) is 3.30. The number of carboxylic acids is 1. The molecule has 0 aromatic heterocycles. The smallest absolute Gasteiger partial charge is 0.335 e. The Morgan fingerprint density at radius 3 is 2.31 bits per heavy atom. The number of hydrogen-bond donors (Lipinski definition) is 5. The number of ether oxygens (including phenoxy) is 5. The molecule has 16 nitrogen and oxygen atoms in total. The minimum Gasteiger partial charge on any atom is -0.491 e. The van der Waals surface area contributed by atoms with Crippen molar-refractivity contribution in [3.05, 3.63) is 35.9 Å². The molecule has 1 fully saturated rings. The molecule has 1 unspecified atom stereocenters. The van der Waals surface area contributed by atoms with Crippen LogP contribution in [0.5, 0.6) is 11.5 Å². The lowest BCUT2D eigenvalue weighted by Gasteiger charge is -2.38. The Bertz CT molecular complexity index is 1260. The van der Waals surface area contributed by atoms with Gasteiger partial charge in [0.25, 0.3) is 11.8 Å². The van der Waals surface area contributed by atoms with Crippen LogP contribution in [0.1, 0.15) is 32.8 Å². The Labute approximate surface area is 258 Å². The van der Waals surface area contributed by atoms with Crippen molar-refractivity contribution in [2.24, 2.45) is 5.41 Å². The van der Waals surface area contributed by atoms with E-state index in [9.17, 15) is 44.4 Å². The average molecular weight is 639 g/mol. The lowest BCUT2D eigenvalue weighted by atomic mass is 9.97. The van der Waals surface area contributed by atoms with Gasteiger partial charge in [0.05, 0.1) is 18.6 Å². The maximum absolute atomic E-state index is 12.3. The molecular weight excluding hydrogens is 600 g/mol. The van der Waals surface area contributed by atoms with Crippen LogP contribution < -0.4 is 14.8 Å². The van der Waals surface area contributed by atoms with E-state index in [2.05, 4.69) is 5.32 Å². The van der Waals surface area contributed by atoms with Crippen molar-refractivity contribution in [3.8, 4) is 11.5 Å². The highest BCUT2D eigenvalue weighted by atomic mass is 16.7. The normalized spacial score (nSPS) is 23.2. The number of hydrogen-bond acceptors (Lipinski definition) is 13. The fourth-order valence-corrected chi connectivity index (χ4v) is 4.03. The minimum absolute atomic E-state index is 0.0123. The van der Waals surface area contributed by atoms with Crippen LogP contribution in [-0.2, 0) is 44.8 Å². The largest absolute Gasteiger partial charge is 0.491 e. The number of aliphatic carboxylic acids is 1. The van der Waals surface area contributed by atoms with Gasteiger partial charge in [0, 0.05) is 43.3 Å². The van der Waals surface area contributed by atoms with Crippen LogP contribution in [0.15, 0.2) is 30.4 Å². The lowest BCUT2D eigenvalue weighted by molar-refractivity contribution is -0.271. The van der Waals surface area contributed by atoms with E-state index in [0.29, 0.717) is 5.56 Å². The molecule has 0 spiro atoms. The maximum atomic E-state index is 12.3. The van der Waals surface area contributed by atoms with Crippen LogP contribution in [0.25, 0.3) is 0 Å². The number of amides is 3. The number of rotatable bonds is 15. The van der Waals surface area contributed by atoms with Gasteiger partial charge in [0.2, 0.25) is 12.2 Å². The van der Waals surface area contributed by atoms with Crippen molar-refractivity contribution in [2.75, 3.05) is 32.9 Å². The first-order chi connectivity index (χ1) is 21.2. The second-order valence-electron chi connectivity index (χ2n) is 11.2. The Morgan fingerprint density at radius 2 is 1.67 bits per heavy atom. The van der Waals surface area contributed by atoms with Crippen molar-refractivity contribution < 1.29 is 68.1 Å². The summed E-state index contributed by atoms with van der Waals surface area (Å²) in [6.45, 7) is 5.29. The lowest BCUT2D eigenvalue weighted by Crippen LogP contribution is -2.61. The minimum atomic E-state index is -1.88. The van der Waals surface area contributed by atoms with Crippen LogP contribution >= 0.6 is 0 Å². The van der Waals surface area contributed by atoms with E-state index in [1.54, 1.807) is 20.8 Å². The summed E-state index contributed by atoms with van der Waals surface area (Å²) in [5.74, 6) is -3.06. The number of carboxylic acid groups (broad SMARTS) is 1. The molecule has 0 radical (unpaired) electrons. The van der Waals surface area contributed by atoms with Crippen LogP contribution in [0, 0.1) is 5.41 Å². The van der Waals surface area contributed by atoms with Gasteiger partial charge in [-0.25, -0.2) is 4.79 Å². The predicted molar refractivity (Wildman–Crippen MR) is 150 cm³/mol. The number of carbonyl (C=O) groups excluding carboxylic acids is 4. The molecule has 2 aliphatic rings. The summed E-state index contributed by atoms with van der Waals surface area (Å²) in [7, 11) is 0. The van der Waals surface area contributed by atoms with E-state index in [1.165, 1.54) is 18.2 Å². The summed E-state index contributed by atoms with van der Waals surface area (Å²) in [5.41, 5.74) is -0.310. The summed E-state index contributed by atoms with van der Waals surface area (Å²) in [4.78, 5) is 59.7. The Morgan fingerprint density at radius 1 is 0.978 bits per heavy atom. The molecule has 1 saturated heterocycles. The zero-order valence-electron chi connectivity index (χ0n) is 25.0. The summed E-state index contributed by atoms with van der Waals surface area (Å²) < 4.78 is 27.4. The van der Waals surface area contributed by atoms with Crippen molar-refractivity contribution in [1.82, 2.24) is 10.2 Å². The van der Waals surface area contributed by atoms with E-state index in [1.807, 2.05) is 0 Å². The summed E-state index contributed by atoms with van der Waals surface area (Å²) in [6.07, 6.45) is -6.77. The highest BCUT2D eigenvalue weighted by Gasteiger charge is 2.48. The number of nitrogens with one attached hydrogen (secondary N) is 1. The monoisotopic (exact) mass is 638 g/mol. The molecule has 5 N–H and O–H groups in total. The third kappa shape index (κ3) is 9.95. The van der Waals surface area contributed by atoms with Crippen molar-refractivity contribution in [1.29, 1.82) is 0 Å². The van der Waals surface area contributed by atoms with E-state index >= 15 is 0 Å². The van der Waals surface area contributed by atoms with Crippen LogP contribution in [0.2, 0.25) is 0 Å². The third-order valence-electron chi connectivity index (χ3n) is 6.59. The number of imide groups is 1. The van der Waals surface area contributed by atoms with Crippen molar-refractivity contribution in [2.45, 2.75) is 64.5 Å². The van der Waals surface area contributed by atoms with E-state index < -0.39 is 59.9 Å². The van der Waals surface area contributed by atoms with Gasteiger partial charge in [-0.2, -0.15) is 0 Å². The van der Waals surface area contributed by atoms with Gasteiger partial charge >= 0.3 is 11.9 Å². The molecule has 3 amide bonds. The summed E-state index contributed by atoms with van der Waals surface area (Å²) >= 11 is 0. The second kappa shape index (κ2) is 15.8. The molecule has 5 atom stereocenters. The van der Waals surface area contributed by atoms with Gasteiger partial charge in [-0.1, -0.05) is 0 Å². The molecule has 2 aliphatic heterocycles. The Kier molecular flexibility index (Phi) is 12.4. The number of benzene rings is 1. The molecule has 248 valence electrons. The van der Waals surface area contributed by atoms with Gasteiger partial charge in [-0.05, 0) is 32.9 Å². The first-order valence-electron chi connectivity index (χ1n) is 14.1. The van der Waals surface area contributed by atoms with Gasteiger partial charge in [0.1, 0.15) is 43.0 Å². The number of esters is 1. The van der Waals surface area contributed by atoms with Crippen molar-refractivity contribution >= 4 is 29.7 Å². The highest BCUT2D eigenvalue weighted by molar-refractivity contribution is 6.13. The standard InChI is InChI=1S/C29H38N2O14/c1-29(2,3)28(40)43-15-16-4-5-17(44-27-24(37)22(35)23(36)25(45-27)26(38)39)14-18(16)42-13-12-41-11-9-30-19(32)8-10-31-20(33)6-7-21(31)34/h4-7,14,22-25,27,35-37H,8-13,15H2,1-3H3,(H,30,32)(H,38,39)/t22-,23-,24+,25?,27+/m0/s1. The number of carbonyl (C=O) groups is 5. The number of nitrogens with zero attached hydrogens (tertiary/aromatic N) is 1.